The summed E-state index contributed by atoms with van der Waals surface area (Å²) in [4.78, 5) is 9.64. The Kier molecular flexibility index (Phi) is 7.64. The van der Waals surface area contributed by atoms with Crippen molar-refractivity contribution in [3.05, 3.63) is 95.2 Å². The summed E-state index contributed by atoms with van der Waals surface area (Å²) < 4.78 is 25.5. The summed E-state index contributed by atoms with van der Waals surface area (Å²) in [5, 5.41) is 24.8. The Bertz CT molecular complexity index is 1670. The minimum atomic E-state index is -3.23. The molecule has 0 bridgehead atoms. The maximum absolute atomic E-state index is 11.9. The van der Waals surface area contributed by atoms with Crippen molar-refractivity contribution in [2.45, 2.75) is 11.4 Å². The number of nitrogens with zero attached hydrogens (tertiary/aromatic N) is 6. The quantitative estimate of drug-likeness (QED) is 0.337. The molecule has 1 aromatic carbocycles. The van der Waals surface area contributed by atoms with Crippen LogP contribution >= 0.6 is 0 Å². The van der Waals surface area contributed by atoms with Gasteiger partial charge in [0.1, 0.15) is 11.9 Å². The molecule has 2 aromatic heterocycles. The van der Waals surface area contributed by atoms with Crippen LogP contribution in [0.2, 0.25) is 0 Å². The molecule has 0 radical (unpaired) electrons. The molecule has 2 aliphatic heterocycles. The second-order valence-electron chi connectivity index (χ2n) is 9.84. The van der Waals surface area contributed by atoms with Gasteiger partial charge in [-0.2, -0.15) is 10.4 Å². The van der Waals surface area contributed by atoms with Gasteiger partial charge in [-0.05, 0) is 35.9 Å². The molecule has 2 aliphatic rings. The van der Waals surface area contributed by atoms with Gasteiger partial charge in [-0.15, -0.1) is 0 Å². The van der Waals surface area contributed by atoms with Crippen LogP contribution in [0.5, 0.6) is 0 Å². The summed E-state index contributed by atoms with van der Waals surface area (Å²) in [6, 6.07) is 13.2. The largest absolute Gasteiger partial charge is 0.359 e. The van der Waals surface area contributed by atoms with Crippen LogP contribution in [0, 0.1) is 16.7 Å². The van der Waals surface area contributed by atoms with E-state index in [0.717, 1.165) is 66.0 Å². The average Bonchev–Trinajstić information content (AvgIpc) is 3.40. The molecule has 0 amide bonds. The van der Waals surface area contributed by atoms with Crippen LogP contribution in [0.3, 0.4) is 0 Å². The molecule has 204 valence electrons. The van der Waals surface area contributed by atoms with Gasteiger partial charge in [-0.3, -0.25) is 9.58 Å². The van der Waals surface area contributed by atoms with Crippen LogP contribution in [-0.2, 0) is 23.4 Å². The number of pyridine rings is 1. The van der Waals surface area contributed by atoms with E-state index in [4.69, 9.17) is 10.4 Å². The van der Waals surface area contributed by atoms with Crippen LogP contribution in [0.1, 0.15) is 16.7 Å². The lowest BCUT2D eigenvalue weighted by molar-refractivity contribution is 0.249. The zero-order valence-corrected chi connectivity index (χ0v) is 23.2. The summed E-state index contributed by atoms with van der Waals surface area (Å²) in [6.45, 7) is 3.96. The first-order chi connectivity index (χ1) is 19.2. The highest BCUT2D eigenvalue weighted by Gasteiger charge is 2.21. The summed E-state index contributed by atoms with van der Waals surface area (Å²) in [6.07, 6.45) is 11.6. The molecule has 2 N–H and O–H groups in total. The van der Waals surface area contributed by atoms with Gasteiger partial charge in [0, 0.05) is 93.1 Å². The molecule has 3 aromatic rings. The summed E-state index contributed by atoms with van der Waals surface area (Å²) >= 11 is 0. The Morgan fingerprint density at radius 3 is 2.58 bits per heavy atom. The summed E-state index contributed by atoms with van der Waals surface area (Å²) in [7, 11) is -1.37. The van der Waals surface area contributed by atoms with Gasteiger partial charge in [0.05, 0.1) is 22.4 Å². The molecule has 0 atom stereocenters. The first kappa shape index (κ1) is 27.1. The number of hydrogen-bond acceptors (Lipinski definition) is 9. The maximum Gasteiger partial charge on any atom is 0.175 e. The fourth-order valence-electron chi connectivity index (χ4n) is 4.85. The maximum atomic E-state index is 11.9. The molecule has 5 rings (SSSR count). The minimum Gasteiger partial charge on any atom is -0.359 e. The Morgan fingerprint density at radius 2 is 1.95 bits per heavy atom. The van der Waals surface area contributed by atoms with E-state index in [1.165, 1.54) is 6.26 Å². The number of sulfone groups is 1. The van der Waals surface area contributed by atoms with E-state index in [2.05, 4.69) is 26.3 Å². The fraction of sp³-hybridized carbons (Fsp3) is 0.241. The third-order valence-electron chi connectivity index (χ3n) is 7.00. The average molecular weight is 555 g/mol. The van der Waals surface area contributed by atoms with Crippen molar-refractivity contribution in [3.8, 4) is 6.07 Å². The first-order valence-electron chi connectivity index (χ1n) is 12.8. The van der Waals surface area contributed by atoms with E-state index in [9.17, 15) is 13.7 Å². The van der Waals surface area contributed by atoms with Gasteiger partial charge in [0.2, 0.25) is 0 Å². The van der Waals surface area contributed by atoms with Crippen molar-refractivity contribution in [3.63, 3.8) is 0 Å². The van der Waals surface area contributed by atoms with Crippen molar-refractivity contribution in [2.24, 2.45) is 7.05 Å². The number of piperazine rings is 1. The first-order valence-corrected chi connectivity index (χ1v) is 14.7. The molecule has 40 heavy (non-hydrogen) atoms. The lowest BCUT2D eigenvalue weighted by Gasteiger charge is -2.35. The number of hydrogen-bond donors (Lipinski definition) is 2. The van der Waals surface area contributed by atoms with Crippen LogP contribution in [-0.4, -0.2) is 66.7 Å². The highest BCUT2D eigenvalue weighted by molar-refractivity contribution is 7.90. The molecule has 1 saturated heterocycles. The third-order valence-corrected chi connectivity index (χ3v) is 8.11. The van der Waals surface area contributed by atoms with Gasteiger partial charge in [-0.25, -0.2) is 13.4 Å². The lowest BCUT2D eigenvalue weighted by Crippen LogP contribution is -2.46. The number of rotatable bonds is 7. The van der Waals surface area contributed by atoms with Crippen molar-refractivity contribution in [2.75, 3.05) is 37.3 Å². The van der Waals surface area contributed by atoms with Gasteiger partial charge in [0.15, 0.2) is 9.84 Å². The Balaban J connectivity index is 1.30. The normalized spacial score (nSPS) is 17.4. The summed E-state index contributed by atoms with van der Waals surface area (Å²) in [5.41, 5.74) is 5.24. The topological polar surface area (TPSA) is 131 Å². The van der Waals surface area contributed by atoms with Crippen LogP contribution in [0.4, 0.5) is 5.82 Å². The molecule has 0 saturated carbocycles. The molecule has 1 fully saturated rings. The number of benzene rings is 1. The van der Waals surface area contributed by atoms with Gasteiger partial charge in [-0.1, -0.05) is 12.1 Å². The molecule has 0 spiro atoms. The van der Waals surface area contributed by atoms with E-state index >= 15 is 0 Å². The number of aromatic nitrogens is 3. The van der Waals surface area contributed by atoms with E-state index in [0.29, 0.717) is 17.1 Å². The standard InChI is InChI=1S/C29H30N8O2S/c1-35-20-25(18-34-35)23-13-27(29(33-17-23)24(14-30)15-31)22-6-7-28(32-16-22)37-10-8-36(9-11-37)19-21-4-3-5-26(12-21)40(2,38)39/h3-7,12-14,16-18,20,30,33H,8-11,19H2,1-2H3/b29-24+,30-14?. The molecular formula is C29H30N8O2S. The third kappa shape index (κ3) is 5.88. The fourth-order valence-corrected chi connectivity index (χ4v) is 5.54. The van der Waals surface area contributed by atoms with Crippen molar-refractivity contribution in [1.29, 1.82) is 10.7 Å². The predicted octanol–water partition coefficient (Wildman–Crippen LogP) is 3.00. The second kappa shape index (κ2) is 11.3. The second-order valence-corrected chi connectivity index (χ2v) is 11.9. The highest BCUT2D eigenvalue weighted by atomic mass is 32.2. The molecule has 4 heterocycles. The number of aryl methyl sites for hydroxylation is 1. The van der Waals surface area contributed by atoms with Gasteiger partial charge < -0.3 is 15.6 Å². The number of nitrogens with one attached hydrogen (secondary N) is 2. The van der Waals surface area contributed by atoms with E-state index in [-0.39, 0.29) is 5.57 Å². The van der Waals surface area contributed by atoms with Crippen molar-refractivity contribution >= 4 is 33.0 Å². The molecule has 10 nitrogen and oxygen atoms in total. The van der Waals surface area contributed by atoms with E-state index in [1.807, 2.05) is 43.7 Å². The predicted molar refractivity (Wildman–Crippen MR) is 155 cm³/mol. The zero-order chi connectivity index (χ0) is 28.3. The van der Waals surface area contributed by atoms with E-state index in [1.54, 1.807) is 35.3 Å². The van der Waals surface area contributed by atoms with Crippen LogP contribution in [0.15, 0.2) is 83.4 Å². The van der Waals surface area contributed by atoms with Gasteiger partial charge >= 0.3 is 0 Å². The number of anilines is 1. The molecule has 11 heteroatoms. The van der Waals surface area contributed by atoms with Crippen molar-refractivity contribution in [1.82, 2.24) is 25.0 Å². The highest BCUT2D eigenvalue weighted by Crippen LogP contribution is 2.32. The smallest absolute Gasteiger partial charge is 0.175 e. The zero-order valence-electron chi connectivity index (χ0n) is 22.4. The van der Waals surface area contributed by atoms with Crippen LogP contribution in [0.25, 0.3) is 11.1 Å². The Morgan fingerprint density at radius 1 is 1.15 bits per heavy atom. The lowest BCUT2D eigenvalue weighted by atomic mass is 9.94. The van der Waals surface area contributed by atoms with Crippen LogP contribution < -0.4 is 10.2 Å². The van der Waals surface area contributed by atoms with Gasteiger partial charge in [0.25, 0.3) is 0 Å². The SMILES string of the molecule is Cn1cc(C2=CN/C(=C(/C#N)C=N)C(c3ccc(N4CCN(Cc5cccc(S(C)(=O)=O)c5)CC4)nc3)=C2)cn1. The summed E-state index contributed by atoms with van der Waals surface area (Å²) in [5.74, 6) is 0.868. The molecule has 0 aliphatic carbocycles. The number of nitriles is 1. The number of dihydropyridines is 1. The minimum absolute atomic E-state index is 0.231. The Hall–Kier alpha value is -4.53. The van der Waals surface area contributed by atoms with Crippen molar-refractivity contribution < 1.29 is 8.42 Å². The molecule has 0 unspecified atom stereocenters. The number of allylic oxidation sites excluding steroid dienone is 4. The Labute approximate surface area is 234 Å². The van der Waals surface area contributed by atoms with E-state index < -0.39 is 9.84 Å². The monoisotopic (exact) mass is 554 g/mol. The molecular weight excluding hydrogens is 524 g/mol.